The van der Waals surface area contributed by atoms with Gasteiger partial charge in [-0.1, -0.05) is 26.0 Å². The number of halogens is 5. The maximum atomic E-state index is 15.6. The van der Waals surface area contributed by atoms with Gasteiger partial charge in [0.25, 0.3) is 0 Å². The second-order valence-corrected chi connectivity index (χ2v) is 13.3. The molecule has 0 radical (unpaired) electrons. The summed E-state index contributed by atoms with van der Waals surface area (Å²) < 4.78 is 96.9. The second kappa shape index (κ2) is 9.24. The largest absolute Gasteiger partial charge is 0.413 e. The third-order valence-corrected chi connectivity index (χ3v) is 9.59. The summed E-state index contributed by atoms with van der Waals surface area (Å²) >= 11 is 0. The average Bonchev–Trinajstić information content (AvgIpc) is 3.33. The van der Waals surface area contributed by atoms with Crippen LogP contribution in [0.2, 0.25) is 0 Å². The van der Waals surface area contributed by atoms with Gasteiger partial charge >= 0.3 is 6.18 Å². The van der Waals surface area contributed by atoms with E-state index in [2.05, 4.69) is 10.1 Å². The number of rotatable bonds is 4. The summed E-state index contributed by atoms with van der Waals surface area (Å²) in [4.78, 5) is 17.7. The molecule has 0 N–H and O–H groups in total. The number of hydrogen-bond acceptors (Lipinski definition) is 5. The van der Waals surface area contributed by atoms with Crippen molar-refractivity contribution in [2.75, 3.05) is 18.6 Å². The predicted octanol–water partition coefficient (Wildman–Crippen LogP) is 4.71. The molecule has 1 aliphatic carbocycles. The van der Waals surface area contributed by atoms with E-state index < -0.39 is 62.5 Å². The number of sulfone groups is 1. The lowest BCUT2D eigenvalue weighted by molar-refractivity contribution is -0.190. The van der Waals surface area contributed by atoms with Crippen molar-refractivity contribution in [3.63, 3.8) is 0 Å². The highest BCUT2D eigenvalue weighted by atomic mass is 32.2. The molecule has 2 aromatic heterocycles. The number of amides is 1. The van der Waals surface area contributed by atoms with Crippen molar-refractivity contribution < 1.29 is 35.2 Å². The zero-order chi connectivity index (χ0) is 28.5. The van der Waals surface area contributed by atoms with E-state index in [1.165, 1.54) is 22.8 Å². The Morgan fingerprint density at radius 2 is 1.79 bits per heavy atom. The third-order valence-electron chi connectivity index (χ3n) is 7.88. The molecule has 0 spiro atoms. The van der Waals surface area contributed by atoms with E-state index >= 15 is 4.39 Å². The predicted molar refractivity (Wildman–Crippen MR) is 132 cm³/mol. The molecule has 2 aliphatic rings. The molecule has 0 bridgehead atoms. The molecule has 13 heteroatoms. The summed E-state index contributed by atoms with van der Waals surface area (Å²) in [5.41, 5.74) is 0.716. The van der Waals surface area contributed by atoms with Crippen LogP contribution >= 0.6 is 0 Å². The van der Waals surface area contributed by atoms with Gasteiger partial charge in [0.1, 0.15) is 15.7 Å². The van der Waals surface area contributed by atoms with Crippen molar-refractivity contribution in [2.24, 2.45) is 5.92 Å². The van der Waals surface area contributed by atoms with Gasteiger partial charge in [-0.05, 0) is 36.5 Å². The lowest BCUT2D eigenvalue weighted by atomic mass is 9.86. The summed E-state index contributed by atoms with van der Waals surface area (Å²) in [6, 6.07) is 2.02. The van der Waals surface area contributed by atoms with Gasteiger partial charge < -0.3 is 4.90 Å². The zero-order valence-electron chi connectivity index (χ0n) is 21.5. The van der Waals surface area contributed by atoms with Crippen LogP contribution in [0.4, 0.5) is 22.0 Å². The molecule has 1 aliphatic heterocycles. The lowest BCUT2D eigenvalue weighted by Gasteiger charge is -2.34. The normalized spacial score (nSPS) is 21.6. The highest BCUT2D eigenvalue weighted by molar-refractivity contribution is 7.91. The standard InChI is InChI=1S/C26H27F5N4O3S/c1-25(2)12-17(18-13-32-21-11-20(28)33-35(21)23(18)25)16-5-4-15(10-19(16)27)22(26(29,30)31)34(3)24(36)14-6-8-39(37,38)9-7-14/h4-5,10-11,13-14,17,22H,6-9,12H2,1-3H3/t17-,22-/m1/s1. The number of alkyl halides is 3. The van der Waals surface area contributed by atoms with E-state index in [4.69, 9.17) is 0 Å². The Kier molecular flexibility index (Phi) is 6.51. The van der Waals surface area contributed by atoms with E-state index in [0.717, 1.165) is 19.2 Å². The van der Waals surface area contributed by atoms with E-state index in [0.29, 0.717) is 28.2 Å². The molecular formula is C26H27F5N4O3S. The minimum absolute atomic E-state index is 0.0539. The fourth-order valence-corrected chi connectivity index (χ4v) is 7.52. The van der Waals surface area contributed by atoms with E-state index in [9.17, 15) is 30.8 Å². The summed E-state index contributed by atoms with van der Waals surface area (Å²) in [5.74, 6) is -4.35. The van der Waals surface area contributed by atoms with E-state index in [1.54, 1.807) is 0 Å². The fraction of sp³-hybridized carbons (Fsp3) is 0.500. The zero-order valence-corrected chi connectivity index (χ0v) is 22.3. The van der Waals surface area contributed by atoms with Crippen molar-refractivity contribution in [1.29, 1.82) is 0 Å². The Bertz CT molecular complexity index is 1550. The topological polar surface area (TPSA) is 84.6 Å². The van der Waals surface area contributed by atoms with Gasteiger partial charge in [-0.25, -0.2) is 22.3 Å². The first-order chi connectivity index (χ1) is 18.1. The van der Waals surface area contributed by atoms with Gasteiger partial charge in [-0.15, -0.1) is 5.10 Å². The van der Waals surface area contributed by atoms with Crippen LogP contribution < -0.4 is 0 Å². The van der Waals surface area contributed by atoms with Gasteiger partial charge in [0, 0.05) is 42.1 Å². The van der Waals surface area contributed by atoms with Crippen LogP contribution in [0.25, 0.3) is 5.65 Å². The molecule has 2 atom stereocenters. The molecule has 1 aromatic carbocycles. The minimum Gasteiger partial charge on any atom is -0.330 e. The molecule has 210 valence electrons. The first kappa shape index (κ1) is 27.5. The van der Waals surface area contributed by atoms with Crippen LogP contribution in [0.5, 0.6) is 0 Å². The summed E-state index contributed by atoms with van der Waals surface area (Å²) in [7, 11) is -2.30. The number of nitrogens with zero attached hydrogens (tertiary/aromatic N) is 4. The monoisotopic (exact) mass is 570 g/mol. The lowest BCUT2D eigenvalue weighted by Crippen LogP contribution is -2.44. The molecule has 0 unspecified atom stereocenters. The molecule has 1 fully saturated rings. The molecule has 1 saturated heterocycles. The minimum atomic E-state index is -4.90. The Morgan fingerprint density at radius 1 is 1.13 bits per heavy atom. The molecular weight excluding hydrogens is 543 g/mol. The Morgan fingerprint density at radius 3 is 2.41 bits per heavy atom. The number of benzene rings is 1. The maximum Gasteiger partial charge on any atom is 0.413 e. The van der Waals surface area contributed by atoms with Crippen LogP contribution in [0.1, 0.15) is 67.5 Å². The van der Waals surface area contributed by atoms with Crippen LogP contribution in [0, 0.1) is 17.7 Å². The molecule has 39 heavy (non-hydrogen) atoms. The van der Waals surface area contributed by atoms with Crippen molar-refractivity contribution >= 4 is 21.4 Å². The van der Waals surface area contributed by atoms with Gasteiger partial charge in [-0.3, -0.25) is 4.79 Å². The number of carbonyl (C=O) groups excluding carboxylic acids is 1. The second-order valence-electron chi connectivity index (χ2n) is 11.0. The number of carbonyl (C=O) groups is 1. The highest BCUT2D eigenvalue weighted by Gasteiger charge is 2.47. The quantitative estimate of drug-likeness (QED) is 0.425. The van der Waals surface area contributed by atoms with E-state index in [1.807, 2.05) is 13.8 Å². The van der Waals surface area contributed by atoms with Crippen molar-refractivity contribution in [3.05, 3.63) is 64.6 Å². The molecule has 3 heterocycles. The van der Waals surface area contributed by atoms with Gasteiger partial charge in [0.15, 0.2) is 11.7 Å². The Hall–Kier alpha value is -3.09. The van der Waals surface area contributed by atoms with Crippen molar-refractivity contribution in [2.45, 2.75) is 56.7 Å². The summed E-state index contributed by atoms with van der Waals surface area (Å²) in [5, 5.41) is 3.88. The van der Waals surface area contributed by atoms with Crippen LogP contribution in [0.3, 0.4) is 0 Å². The number of aromatic nitrogens is 3. The highest BCUT2D eigenvalue weighted by Crippen LogP contribution is 2.49. The first-order valence-electron chi connectivity index (χ1n) is 12.5. The van der Waals surface area contributed by atoms with Crippen LogP contribution in [-0.2, 0) is 20.0 Å². The molecule has 7 nitrogen and oxygen atoms in total. The van der Waals surface area contributed by atoms with Gasteiger partial charge in [0.05, 0.1) is 17.2 Å². The molecule has 0 saturated carbocycles. The van der Waals surface area contributed by atoms with Gasteiger partial charge in [0.2, 0.25) is 11.9 Å². The number of fused-ring (bicyclic) bond motifs is 3. The molecule has 5 rings (SSSR count). The van der Waals surface area contributed by atoms with Crippen LogP contribution in [0.15, 0.2) is 30.5 Å². The molecule has 3 aromatic rings. The first-order valence-corrected chi connectivity index (χ1v) is 14.3. The summed E-state index contributed by atoms with van der Waals surface area (Å²) in [6.07, 6.45) is -3.09. The average molecular weight is 571 g/mol. The van der Waals surface area contributed by atoms with E-state index in [-0.39, 0.29) is 29.9 Å². The molecule has 1 amide bonds. The summed E-state index contributed by atoms with van der Waals surface area (Å²) in [6.45, 7) is 3.79. The Balaban J connectivity index is 1.48. The maximum absolute atomic E-state index is 15.6. The van der Waals surface area contributed by atoms with Gasteiger partial charge in [-0.2, -0.15) is 17.6 Å². The third kappa shape index (κ3) is 4.89. The van der Waals surface area contributed by atoms with Crippen LogP contribution in [-0.4, -0.2) is 58.6 Å². The smallest absolute Gasteiger partial charge is 0.330 e. The number of hydrogen-bond donors (Lipinski definition) is 0. The van der Waals surface area contributed by atoms with Crippen molar-refractivity contribution in [1.82, 2.24) is 19.5 Å². The SMILES string of the molecule is CN(C(=O)C1CCS(=O)(=O)CC1)[C@H](c1ccc([C@H]2CC(C)(C)c3c2cnc2cc(F)nn32)c(F)c1)C(F)(F)F. The van der Waals surface area contributed by atoms with Crippen molar-refractivity contribution in [3.8, 4) is 0 Å². The fourth-order valence-electron chi connectivity index (χ4n) is 6.03. The Labute approximate surface area is 221 Å².